The Labute approximate surface area is 74.5 Å². The first-order valence-electron chi connectivity index (χ1n) is 3.74. The summed E-state index contributed by atoms with van der Waals surface area (Å²) >= 11 is 0. The molecule has 13 heavy (non-hydrogen) atoms. The molecule has 0 atom stereocenters. The third-order valence-corrected chi connectivity index (χ3v) is 1.34. The number of esters is 1. The summed E-state index contributed by atoms with van der Waals surface area (Å²) in [5.74, 6) is -1.44. The van der Waals surface area contributed by atoms with Crippen LogP contribution >= 0.6 is 0 Å². The van der Waals surface area contributed by atoms with E-state index in [1.54, 1.807) is 6.92 Å². The van der Waals surface area contributed by atoms with Crippen LogP contribution in [-0.2, 0) is 4.74 Å². The van der Waals surface area contributed by atoms with Gasteiger partial charge in [0.2, 0.25) is 0 Å². The summed E-state index contributed by atoms with van der Waals surface area (Å²) in [6, 6.07) is 2.35. The predicted molar refractivity (Wildman–Crippen MR) is 44.6 cm³/mol. The van der Waals surface area contributed by atoms with Gasteiger partial charge in [0.15, 0.2) is 11.5 Å². The van der Waals surface area contributed by atoms with Crippen molar-refractivity contribution < 1.29 is 13.9 Å². The van der Waals surface area contributed by atoms with Crippen molar-refractivity contribution in [2.45, 2.75) is 6.92 Å². The molecule has 0 saturated carbocycles. The monoisotopic (exact) mass is 184 g/mol. The molecule has 1 heterocycles. The molecule has 0 spiro atoms. The Hall–Kier alpha value is -1.65. The van der Waals surface area contributed by atoms with E-state index in [1.165, 1.54) is 6.07 Å². The molecule has 70 valence electrons. The highest BCUT2D eigenvalue weighted by Crippen LogP contribution is 2.08. The van der Waals surface area contributed by atoms with Crippen LogP contribution in [0.2, 0.25) is 0 Å². The highest BCUT2D eigenvalue weighted by atomic mass is 19.1. The minimum Gasteiger partial charge on any atom is -0.461 e. The SMILES string of the molecule is CCOC(=O)c1nc(N)ccc1F. The number of nitrogens with two attached hydrogens (primary N) is 1. The molecule has 1 rings (SSSR count). The molecule has 0 unspecified atom stereocenters. The van der Waals surface area contributed by atoms with E-state index in [1.807, 2.05) is 0 Å². The summed E-state index contributed by atoms with van der Waals surface area (Å²) in [5, 5.41) is 0. The number of halogens is 1. The summed E-state index contributed by atoms with van der Waals surface area (Å²) in [6.07, 6.45) is 0. The standard InChI is InChI=1S/C8H9FN2O2/c1-2-13-8(12)7-5(9)3-4-6(10)11-7/h3-4H,2H2,1H3,(H2,10,11). The van der Waals surface area contributed by atoms with Gasteiger partial charge in [0.25, 0.3) is 0 Å². The van der Waals surface area contributed by atoms with Crippen molar-refractivity contribution in [3.63, 3.8) is 0 Å². The van der Waals surface area contributed by atoms with Crippen LogP contribution in [0.15, 0.2) is 12.1 Å². The number of nitrogens with zero attached hydrogens (tertiary/aromatic N) is 1. The van der Waals surface area contributed by atoms with Crippen molar-refractivity contribution in [1.29, 1.82) is 0 Å². The number of rotatable bonds is 2. The van der Waals surface area contributed by atoms with Gasteiger partial charge in [0.05, 0.1) is 6.61 Å². The van der Waals surface area contributed by atoms with Crippen LogP contribution in [0.25, 0.3) is 0 Å². The maximum atomic E-state index is 12.9. The minimum atomic E-state index is -0.799. The normalized spacial score (nSPS) is 9.69. The smallest absolute Gasteiger partial charge is 0.360 e. The van der Waals surface area contributed by atoms with Gasteiger partial charge in [-0.25, -0.2) is 14.2 Å². The Kier molecular flexibility index (Phi) is 2.79. The highest BCUT2D eigenvalue weighted by Gasteiger charge is 2.14. The van der Waals surface area contributed by atoms with E-state index < -0.39 is 11.8 Å². The molecule has 1 aromatic rings. The predicted octanol–water partition coefficient (Wildman–Crippen LogP) is 0.980. The second-order valence-corrected chi connectivity index (χ2v) is 2.29. The Morgan fingerprint density at radius 3 is 3.00 bits per heavy atom. The van der Waals surface area contributed by atoms with E-state index in [0.717, 1.165) is 6.07 Å². The van der Waals surface area contributed by atoms with E-state index in [2.05, 4.69) is 9.72 Å². The van der Waals surface area contributed by atoms with Crippen LogP contribution in [0.1, 0.15) is 17.4 Å². The van der Waals surface area contributed by atoms with E-state index in [-0.39, 0.29) is 18.1 Å². The molecule has 0 saturated heterocycles. The molecular weight excluding hydrogens is 175 g/mol. The van der Waals surface area contributed by atoms with Crippen molar-refractivity contribution in [3.05, 3.63) is 23.6 Å². The summed E-state index contributed by atoms with van der Waals surface area (Å²) in [4.78, 5) is 14.6. The van der Waals surface area contributed by atoms with Crippen LogP contribution < -0.4 is 5.73 Å². The van der Waals surface area contributed by atoms with Gasteiger partial charge in [-0.2, -0.15) is 0 Å². The molecule has 1 aromatic heterocycles. The molecular formula is C8H9FN2O2. The van der Waals surface area contributed by atoms with E-state index in [4.69, 9.17) is 5.73 Å². The zero-order valence-corrected chi connectivity index (χ0v) is 7.08. The highest BCUT2D eigenvalue weighted by molar-refractivity contribution is 5.87. The average molecular weight is 184 g/mol. The molecule has 4 nitrogen and oxygen atoms in total. The van der Waals surface area contributed by atoms with Gasteiger partial charge in [-0.3, -0.25) is 0 Å². The first kappa shape index (κ1) is 9.44. The second kappa shape index (κ2) is 3.84. The van der Waals surface area contributed by atoms with Gasteiger partial charge in [-0.1, -0.05) is 0 Å². The average Bonchev–Trinajstić information content (AvgIpc) is 2.09. The molecule has 0 aromatic carbocycles. The Morgan fingerprint density at radius 2 is 2.38 bits per heavy atom. The summed E-state index contributed by atoms with van der Waals surface area (Å²) in [7, 11) is 0. The van der Waals surface area contributed by atoms with Crippen molar-refractivity contribution >= 4 is 11.8 Å². The van der Waals surface area contributed by atoms with Gasteiger partial charge < -0.3 is 10.5 Å². The molecule has 0 bridgehead atoms. The summed E-state index contributed by atoms with van der Waals surface area (Å²) in [5.41, 5.74) is 4.90. The van der Waals surface area contributed by atoms with E-state index in [9.17, 15) is 9.18 Å². The van der Waals surface area contributed by atoms with Gasteiger partial charge >= 0.3 is 5.97 Å². The number of hydrogen-bond donors (Lipinski definition) is 1. The van der Waals surface area contributed by atoms with Gasteiger partial charge in [-0.15, -0.1) is 0 Å². The summed E-state index contributed by atoms with van der Waals surface area (Å²) < 4.78 is 17.5. The lowest BCUT2D eigenvalue weighted by atomic mass is 10.3. The number of ether oxygens (including phenoxy) is 1. The molecule has 2 N–H and O–H groups in total. The van der Waals surface area contributed by atoms with E-state index in [0.29, 0.717) is 0 Å². The third-order valence-electron chi connectivity index (χ3n) is 1.34. The molecule has 0 radical (unpaired) electrons. The molecule has 5 heteroatoms. The zero-order valence-electron chi connectivity index (χ0n) is 7.08. The third kappa shape index (κ3) is 2.14. The molecule has 0 aliphatic rings. The number of hydrogen-bond acceptors (Lipinski definition) is 4. The van der Waals surface area contributed by atoms with Crippen molar-refractivity contribution in [2.75, 3.05) is 12.3 Å². The molecule has 0 aliphatic carbocycles. The van der Waals surface area contributed by atoms with Gasteiger partial charge in [0, 0.05) is 0 Å². The number of nitrogen functional groups attached to an aromatic ring is 1. The van der Waals surface area contributed by atoms with Crippen LogP contribution in [-0.4, -0.2) is 17.6 Å². The number of carbonyl (C=O) groups excluding carboxylic acids is 1. The zero-order chi connectivity index (χ0) is 9.84. The van der Waals surface area contributed by atoms with Crippen LogP contribution in [0.5, 0.6) is 0 Å². The lowest BCUT2D eigenvalue weighted by Gasteiger charge is -2.02. The van der Waals surface area contributed by atoms with Crippen LogP contribution in [0, 0.1) is 5.82 Å². The van der Waals surface area contributed by atoms with Crippen molar-refractivity contribution in [1.82, 2.24) is 4.98 Å². The van der Waals surface area contributed by atoms with Gasteiger partial charge in [0.1, 0.15) is 5.82 Å². The number of aromatic nitrogens is 1. The fraction of sp³-hybridized carbons (Fsp3) is 0.250. The quantitative estimate of drug-likeness (QED) is 0.696. The number of anilines is 1. The van der Waals surface area contributed by atoms with Crippen molar-refractivity contribution in [2.24, 2.45) is 0 Å². The number of pyridine rings is 1. The lowest BCUT2D eigenvalue weighted by molar-refractivity contribution is 0.0514. The molecule has 0 aliphatic heterocycles. The largest absolute Gasteiger partial charge is 0.461 e. The number of carbonyl (C=O) groups is 1. The lowest BCUT2D eigenvalue weighted by Crippen LogP contribution is -2.10. The van der Waals surface area contributed by atoms with E-state index >= 15 is 0 Å². The topological polar surface area (TPSA) is 65.2 Å². The van der Waals surface area contributed by atoms with Crippen LogP contribution in [0.3, 0.4) is 0 Å². The molecule has 0 fully saturated rings. The van der Waals surface area contributed by atoms with Crippen LogP contribution in [0.4, 0.5) is 10.2 Å². The second-order valence-electron chi connectivity index (χ2n) is 2.29. The summed E-state index contributed by atoms with van der Waals surface area (Å²) in [6.45, 7) is 1.80. The Bertz CT molecular complexity index is 328. The Balaban J connectivity index is 2.99. The minimum absolute atomic E-state index is 0.0875. The Morgan fingerprint density at radius 1 is 1.69 bits per heavy atom. The molecule has 0 amide bonds. The van der Waals surface area contributed by atoms with Crippen molar-refractivity contribution in [3.8, 4) is 0 Å². The fourth-order valence-corrected chi connectivity index (χ4v) is 0.800. The first-order chi connectivity index (χ1) is 6.15. The van der Waals surface area contributed by atoms with Gasteiger partial charge in [-0.05, 0) is 19.1 Å². The maximum Gasteiger partial charge on any atom is 0.360 e. The maximum absolute atomic E-state index is 12.9. The fourth-order valence-electron chi connectivity index (χ4n) is 0.800. The first-order valence-corrected chi connectivity index (χ1v) is 3.74.